The highest BCUT2D eigenvalue weighted by Crippen LogP contribution is 2.36. The standard InChI is InChI=1S/C21H34N4O3/c1-16(25-12-6-2-3-7-13-25)19(26)23-21(10-14-27-15-11-21)20-22-18(24-28-20)17-8-4-5-9-17/h16-17H,2-15H2,1H3,(H,23,26). The fourth-order valence-corrected chi connectivity index (χ4v) is 4.88. The van der Waals surface area contributed by atoms with Gasteiger partial charge in [0.2, 0.25) is 5.91 Å². The van der Waals surface area contributed by atoms with E-state index in [4.69, 9.17) is 14.2 Å². The second kappa shape index (κ2) is 8.91. The molecule has 28 heavy (non-hydrogen) atoms. The number of hydrogen-bond acceptors (Lipinski definition) is 6. The van der Waals surface area contributed by atoms with Gasteiger partial charge in [0.05, 0.1) is 6.04 Å². The molecule has 1 saturated carbocycles. The molecule has 0 aromatic carbocycles. The highest BCUT2D eigenvalue weighted by atomic mass is 16.5. The smallest absolute Gasteiger partial charge is 0.252 e. The van der Waals surface area contributed by atoms with Gasteiger partial charge in [-0.05, 0) is 45.7 Å². The van der Waals surface area contributed by atoms with Crippen LogP contribution in [0.15, 0.2) is 4.52 Å². The first-order valence-corrected chi connectivity index (χ1v) is 11.2. The van der Waals surface area contributed by atoms with Gasteiger partial charge in [-0.3, -0.25) is 9.69 Å². The van der Waals surface area contributed by atoms with E-state index < -0.39 is 5.54 Å². The number of ether oxygens (including phenoxy) is 1. The fourth-order valence-electron chi connectivity index (χ4n) is 4.88. The zero-order valence-corrected chi connectivity index (χ0v) is 17.1. The van der Waals surface area contributed by atoms with E-state index >= 15 is 0 Å². The number of likely N-dealkylation sites (tertiary alicyclic amines) is 1. The van der Waals surface area contributed by atoms with Gasteiger partial charge < -0.3 is 14.6 Å². The first-order valence-electron chi connectivity index (χ1n) is 11.2. The van der Waals surface area contributed by atoms with Crippen LogP contribution in [0.1, 0.15) is 88.8 Å². The lowest BCUT2D eigenvalue weighted by Gasteiger charge is -2.37. The molecule has 2 aliphatic heterocycles. The Hall–Kier alpha value is -1.47. The molecule has 1 aromatic rings. The van der Waals surface area contributed by atoms with E-state index in [0.29, 0.717) is 37.9 Å². The predicted octanol–water partition coefficient (Wildman–Crippen LogP) is 3.11. The van der Waals surface area contributed by atoms with Gasteiger partial charge in [-0.25, -0.2) is 0 Å². The van der Waals surface area contributed by atoms with E-state index in [9.17, 15) is 4.79 Å². The zero-order chi connectivity index (χ0) is 19.4. The number of amides is 1. The monoisotopic (exact) mass is 390 g/mol. The SMILES string of the molecule is CC(C(=O)NC1(c2nc(C3CCCC3)no2)CCOCC1)N1CCCCCC1. The van der Waals surface area contributed by atoms with Gasteiger partial charge >= 0.3 is 0 Å². The summed E-state index contributed by atoms with van der Waals surface area (Å²) >= 11 is 0. The van der Waals surface area contributed by atoms with Crippen LogP contribution in [0.2, 0.25) is 0 Å². The lowest BCUT2D eigenvalue weighted by Crippen LogP contribution is -2.55. The Morgan fingerprint density at radius 1 is 1.11 bits per heavy atom. The lowest BCUT2D eigenvalue weighted by molar-refractivity contribution is -0.130. The summed E-state index contributed by atoms with van der Waals surface area (Å²) in [5, 5.41) is 7.60. The number of hydrogen-bond donors (Lipinski definition) is 1. The van der Waals surface area contributed by atoms with Crippen LogP contribution in [-0.2, 0) is 15.1 Å². The highest BCUT2D eigenvalue weighted by molar-refractivity contribution is 5.82. The first kappa shape index (κ1) is 19.8. The molecule has 1 aliphatic carbocycles. The topological polar surface area (TPSA) is 80.5 Å². The molecule has 4 rings (SSSR count). The number of carbonyl (C=O) groups excluding carboxylic acids is 1. The van der Waals surface area contributed by atoms with Crippen LogP contribution in [0, 0.1) is 0 Å². The van der Waals surface area contributed by atoms with E-state index in [0.717, 1.165) is 31.8 Å². The molecule has 0 bridgehead atoms. The van der Waals surface area contributed by atoms with Crippen molar-refractivity contribution in [3.05, 3.63) is 11.7 Å². The molecule has 0 spiro atoms. The molecule has 7 nitrogen and oxygen atoms in total. The average Bonchev–Trinajstić information content (AvgIpc) is 3.35. The van der Waals surface area contributed by atoms with Crippen molar-refractivity contribution in [1.29, 1.82) is 0 Å². The summed E-state index contributed by atoms with van der Waals surface area (Å²) in [6.45, 7) is 5.21. The largest absolute Gasteiger partial charge is 0.381 e. The zero-order valence-electron chi connectivity index (χ0n) is 17.1. The van der Waals surface area contributed by atoms with Crippen LogP contribution in [-0.4, -0.2) is 53.3 Å². The summed E-state index contributed by atoms with van der Waals surface area (Å²) in [7, 11) is 0. The third-order valence-corrected chi connectivity index (χ3v) is 6.85. The second-order valence-electron chi connectivity index (χ2n) is 8.75. The Kier molecular flexibility index (Phi) is 6.31. The van der Waals surface area contributed by atoms with Crippen molar-refractivity contribution in [3.8, 4) is 0 Å². The predicted molar refractivity (Wildman–Crippen MR) is 105 cm³/mol. The maximum atomic E-state index is 13.2. The molecule has 1 atom stereocenters. The van der Waals surface area contributed by atoms with Gasteiger partial charge in [-0.15, -0.1) is 0 Å². The van der Waals surface area contributed by atoms with E-state index in [1.165, 1.54) is 38.5 Å². The van der Waals surface area contributed by atoms with Crippen LogP contribution in [0.3, 0.4) is 0 Å². The normalized spacial score (nSPS) is 25.3. The number of aromatic nitrogens is 2. The van der Waals surface area contributed by atoms with Gasteiger partial charge in [0.25, 0.3) is 5.89 Å². The van der Waals surface area contributed by atoms with Crippen molar-refractivity contribution in [1.82, 2.24) is 20.4 Å². The molecule has 3 fully saturated rings. The Morgan fingerprint density at radius 3 is 2.46 bits per heavy atom. The molecule has 1 amide bonds. The minimum absolute atomic E-state index is 0.0596. The summed E-state index contributed by atoms with van der Waals surface area (Å²) in [5.41, 5.74) is -0.598. The van der Waals surface area contributed by atoms with Gasteiger partial charge in [-0.2, -0.15) is 4.98 Å². The molecule has 1 unspecified atom stereocenters. The molecule has 1 aromatic heterocycles. The minimum Gasteiger partial charge on any atom is -0.381 e. The van der Waals surface area contributed by atoms with Crippen molar-refractivity contribution in [3.63, 3.8) is 0 Å². The Morgan fingerprint density at radius 2 is 1.79 bits per heavy atom. The second-order valence-corrected chi connectivity index (χ2v) is 8.75. The average molecular weight is 391 g/mol. The minimum atomic E-state index is -0.598. The summed E-state index contributed by atoms with van der Waals surface area (Å²) in [6.07, 6.45) is 11.0. The highest BCUT2D eigenvalue weighted by Gasteiger charge is 2.43. The summed E-state index contributed by atoms with van der Waals surface area (Å²) in [5.74, 6) is 1.84. The molecular weight excluding hydrogens is 356 g/mol. The molecule has 3 heterocycles. The Bertz CT molecular complexity index is 642. The summed E-state index contributed by atoms with van der Waals surface area (Å²) in [4.78, 5) is 20.3. The molecule has 0 radical (unpaired) electrons. The molecule has 156 valence electrons. The van der Waals surface area contributed by atoms with Gasteiger partial charge in [0.15, 0.2) is 5.82 Å². The van der Waals surface area contributed by atoms with Gasteiger partial charge in [0.1, 0.15) is 5.54 Å². The van der Waals surface area contributed by atoms with Crippen molar-refractivity contribution in [2.45, 2.75) is 88.6 Å². The van der Waals surface area contributed by atoms with Crippen LogP contribution in [0.5, 0.6) is 0 Å². The van der Waals surface area contributed by atoms with Crippen LogP contribution in [0.25, 0.3) is 0 Å². The number of nitrogens with zero attached hydrogens (tertiary/aromatic N) is 3. The van der Waals surface area contributed by atoms with Gasteiger partial charge in [0, 0.05) is 32.0 Å². The molecule has 1 N–H and O–H groups in total. The Balaban J connectivity index is 1.49. The number of rotatable bonds is 5. The van der Waals surface area contributed by atoms with Crippen molar-refractivity contribution < 1.29 is 14.1 Å². The number of carbonyl (C=O) groups is 1. The quantitative estimate of drug-likeness (QED) is 0.832. The van der Waals surface area contributed by atoms with Crippen molar-refractivity contribution >= 4 is 5.91 Å². The van der Waals surface area contributed by atoms with Crippen molar-refractivity contribution in [2.75, 3.05) is 26.3 Å². The Labute approximate surface area is 167 Å². The lowest BCUT2D eigenvalue weighted by atomic mass is 9.89. The summed E-state index contributed by atoms with van der Waals surface area (Å²) < 4.78 is 11.3. The molecule has 2 saturated heterocycles. The maximum absolute atomic E-state index is 13.2. The third-order valence-electron chi connectivity index (χ3n) is 6.85. The number of nitrogens with one attached hydrogen (secondary N) is 1. The summed E-state index contributed by atoms with van der Waals surface area (Å²) in [6, 6.07) is -0.143. The molecule has 3 aliphatic rings. The van der Waals surface area contributed by atoms with Crippen LogP contribution in [0.4, 0.5) is 0 Å². The van der Waals surface area contributed by atoms with E-state index in [-0.39, 0.29) is 11.9 Å². The van der Waals surface area contributed by atoms with E-state index in [2.05, 4.69) is 15.4 Å². The van der Waals surface area contributed by atoms with Gasteiger partial charge in [-0.1, -0.05) is 30.8 Å². The maximum Gasteiger partial charge on any atom is 0.252 e. The molecule has 7 heteroatoms. The van der Waals surface area contributed by atoms with Crippen molar-refractivity contribution in [2.24, 2.45) is 0 Å². The fraction of sp³-hybridized carbons (Fsp3) is 0.857. The van der Waals surface area contributed by atoms with Crippen LogP contribution >= 0.6 is 0 Å². The van der Waals surface area contributed by atoms with E-state index in [1.807, 2.05) is 6.92 Å². The molecular formula is C21H34N4O3. The van der Waals surface area contributed by atoms with E-state index in [1.54, 1.807) is 0 Å². The van der Waals surface area contributed by atoms with Crippen LogP contribution < -0.4 is 5.32 Å². The third kappa shape index (κ3) is 4.25. The first-order chi connectivity index (χ1) is 13.7.